The molecule has 3 rings (SSSR count). The SMILES string of the molecule is Cc1cccc(C(=O)Nc2ccc(N3CCOCC3)cc2)n1. The average Bonchev–Trinajstić information content (AvgIpc) is 2.56. The second-order valence-corrected chi connectivity index (χ2v) is 5.26. The molecule has 22 heavy (non-hydrogen) atoms. The zero-order valence-corrected chi connectivity index (χ0v) is 12.6. The molecule has 2 heterocycles. The van der Waals surface area contributed by atoms with Gasteiger partial charge in [-0.2, -0.15) is 0 Å². The lowest BCUT2D eigenvalue weighted by atomic mass is 10.2. The number of nitrogens with zero attached hydrogens (tertiary/aromatic N) is 2. The lowest BCUT2D eigenvalue weighted by Gasteiger charge is -2.28. The lowest BCUT2D eigenvalue weighted by Crippen LogP contribution is -2.36. The minimum absolute atomic E-state index is 0.192. The van der Waals surface area contributed by atoms with E-state index in [1.807, 2.05) is 43.3 Å². The fourth-order valence-electron chi connectivity index (χ4n) is 2.44. The zero-order valence-electron chi connectivity index (χ0n) is 12.6. The van der Waals surface area contributed by atoms with E-state index in [-0.39, 0.29) is 5.91 Å². The van der Waals surface area contributed by atoms with Gasteiger partial charge in [0.15, 0.2) is 0 Å². The van der Waals surface area contributed by atoms with Crippen molar-refractivity contribution in [1.29, 1.82) is 0 Å². The summed E-state index contributed by atoms with van der Waals surface area (Å²) in [6.45, 7) is 5.20. The first kappa shape index (κ1) is 14.5. The number of aromatic nitrogens is 1. The summed E-state index contributed by atoms with van der Waals surface area (Å²) in [5, 5.41) is 2.87. The number of carbonyl (C=O) groups excluding carboxylic acids is 1. The van der Waals surface area contributed by atoms with E-state index in [1.165, 1.54) is 0 Å². The van der Waals surface area contributed by atoms with Gasteiger partial charge < -0.3 is 15.0 Å². The number of morpholine rings is 1. The van der Waals surface area contributed by atoms with Gasteiger partial charge in [-0.3, -0.25) is 4.79 Å². The molecule has 5 heteroatoms. The van der Waals surface area contributed by atoms with Gasteiger partial charge in [0.2, 0.25) is 0 Å². The van der Waals surface area contributed by atoms with Crippen LogP contribution in [0.25, 0.3) is 0 Å². The second-order valence-electron chi connectivity index (χ2n) is 5.26. The van der Waals surface area contributed by atoms with E-state index in [0.717, 1.165) is 43.4 Å². The third-order valence-electron chi connectivity index (χ3n) is 3.62. The summed E-state index contributed by atoms with van der Waals surface area (Å²) in [6.07, 6.45) is 0. The number of aryl methyl sites for hydroxylation is 1. The fraction of sp³-hybridized carbons (Fsp3) is 0.294. The van der Waals surface area contributed by atoms with Crippen molar-refractivity contribution < 1.29 is 9.53 Å². The van der Waals surface area contributed by atoms with Gasteiger partial charge in [-0.1, -0.05) is 6.07 Å². The van der Waals surface area contributed by atoms with E-state index < -0.39 is 0 Å². The highest BCUT2D eigenvalue weighted by Gasteiger charge is 2.12. The summed E-state index contributed by atoms with van der Waals surface area (Å²) in [7, 11) is 0. The highest BCUT2D eigenvalue weighted by Crippen LogP contribution is 2.19. The molecule has 1 N–H and O–H groups in total. The van der Waals surface area contributed by atoms with Gasteiger partial charge in [0.25, 0.3) is 5.91 Å². The number of benzene rings is 1. The van der Waals surface area contributed by atoms with Gasteiger partial charge in [-0.15, -0.1) is 0 Å². The van der Waals surface area contributed by atoms with Gasteiger partial charge in [-0.25, -0.2) is 4.98 Å². The summed E-state index contributed by atoms with van der Waals surface area (Å²) in [6, 6.07) is 13.3. The number of hydrogen-bond acceptors (Lipinski definition) is 4. The number of ether oxygens (including phenoxy) is 1. The van der Waals surface area contributed by atoms with E-state index in [0.29, 0.717) is 5.69 Å². The molecule has 1 amide bonds. The Hall–Kier alpha value is -2.40. The Balaban J connectivity index is 1.66. The Morgan fingerprint density at radius 1 is 1.14 bits per heavy atom. The number of hydrogen-bond donors (Lipinski definition) is 1. The molecule has 0 aliphatic carbocycles. The Morgan fingerprint density at radius 2 is 1.86 bits per heavy atom. The number of rotatable bonds is 3. The van der Waals surface area contributed by atoms with Gasteiger partial charge >= 0.3 is 0 Å². The number of anilines is 2. The quantitative estimate of drug-likeness (QED) is 0.945. The molecule has 0 radical (unpaired) electrons. The molecular weight excluding hydrogens is 278 g/mol. The molecular formula is C17H19N3O2. The van der Waals surface area contributed by atoms with Crippen LogP contribution in [-0.2, 0) is 4.74 Å². The smallest absolute Gasteiger partial charge is 0.274 e. The van der Waals surface area contributed by atoms with Crippen LogP contribution in [0.1, 0.15) is 16.2 Å². The van der Waals surface area contributed by atoms with Crippen molar-refractivity contribution >= 4 is 17.3 Å². The molecule has 0 spiro atoms. The van der Waals surface area contributed by atoms with Crippen molar-refractivity contribution in [2.24, 2.45) is 0 Å². The van der Waals surface area contributed by atoms with Crippen LogP contribution in [0.4, 0.5) is 11.4 Å². The Morgan fingerprint density at radius 3 is 2.55 bits per heavy atom. The number of amides is 1. The van der Waals surface area contributed by atoms with Crippen LogP contribution in [0.5, 0.6) is 0 Å². The summed E-state index contributed by atoms with van der Waals surface area (Å²) in [4.78, 5) is 18.7. The minimum Gasteiger partial charge on any atom is -0.378 e. The lowest BCUT2D eigenvalue weighted by molar-refractivity contribution is 0.102. The maximum absolute atomic E-state index is 12.2. The zero-order chi connectivity index (χ0) is 15.4. The van der Waals surface area contributed by atoms with Gasteiger partial charge in [0, 0.05) is 30.2 Å². The maximum atomic E-state index is 12.2. The molecule has 1 aromatic carbocycles. The predicted octanol–water partition coefficient (Wildman–Crippen LogP) is 2.48. The van der Waals surface area contributed by atoms with Crippen LogP contribution in [0.2, 0.25) is 0 Å². The normalized spacial score (nSPS) is 14.7. The van der Waals surface area contributed by atoms with Crippen LogP contribution in [-0.4, -0.2) is 37.2 Å². The van der Waals surface area contributed by atoms with Crippen molar-refractivity contribution in [1.82, 2.24) is 4.98 Å². The first-order valence-electron chi connectivity index (χ1n) is 7.40. The number of carbonyl (C=O) groups is 1. The monoisotopic (exact) mass is 297 g/mol. The first-order chi connectivity index (χ1) is 10.7. The molecule has 2 aromatic rings. The molecule has 0 atom stereocenters. The van der Waals surface area contributed by atoms with E-state index in [2.05, 4.69) is 15.2 Å². The van der Waals surface area contributed by atoms with E-state index in [4.69, 9.17) is 4.74 Å². The van der Waals surface area contributed by atoms with E-state index in [1.54, 1.807) is 6.07 Å². The molecule has 5 nitrogen and oxygen atoms in total. The Labute approximate surface area is 129 Å². The summed E-state index contributed by atoms with van der Waals surface area (Å²) in [5.74, 6) is -0.192. The van der Waals surface area contributed by atoms with E-state index >= 15 is 0 Å². The molecule has 1 aliphatic rings. The number of nitrogens with one attached hydrogen (secondary N) is 1. The number of pyridine rings is 1. The molecule has 1 aromatic heterocycles. The van der Waals surface area contributed by atoms with Crippen LogP contribution < -0.4 is 10.2 Å². The standard InChI is InChI=1S/C17H19N3O2/c1-13-3-2-4-16(18-13)17(21)19-14-5-7-15(8-6-14)20-9-11-22-12-10-20/h2-8H,9-12H2,1H3,(H,19,21). The Bertz CT molecular complexity index is 649. The average molecular weight is 297 g/mol. The highest BCUT2D eigenvalue weighted by atomic mass is 16.5. The van der Waals surface area contributed by atoms with Gasteiger partial charge in [-0.05, 0) is 43.3 Å². The second kappa shape index (κ2) is 6.58. The molecule has 0 bridgehead atoms. The minimum atomic E-state index is -0.192. The maximum Gasteiger partial charge on any atom is 0.274 e. The molecule has 1 fully saturated rings. The van der Waals surface area contributed by atoms with Crippen LogP contribution in [0, 0.1) is 6.92 Å². The van der Waals surface area contributed by atoms with Crippen molar-refractivity contribution in [3.63, 3.8) is 0 Å². The highest BCUT2D eigenvalue weighted by molar-refractivity contribution is 6.02. The fourth-order valence-corrected chi connectivity index (χ4v) is 2.44. The summed E-state index contributed by atoms with van der Waals surface area (Å²) < 4.78 is 5.35. The molecule has 114 valence electrons. The molecule has 1 saturated heterocycles. The largest absolute Gasteiger partial charge is 0.378 e. The van der Waals surface area contributed by atoms with Crippen molar-refractivity contribution in [2.75, 3.05) is 36.5 Å². The predicted molar refractivity (Wildman–Crippen MR) is 86.4 cm³/mol. The topological polar surface area (TPSA) is 54.5 Å². The third kappa shape index (κ3) is 3.43. The van der Waals surface area contributed by atoms with Crippen LogP contribution in [0.3, 0.4) is 0 Å². The van der Waals surface area contributed by atoms with E-state index in [9.17, 15) is 4.79 Å². The van der Waals surface area contributed by atoms with Gasteiger partial charge in [0.1, 0.15) is 5.69 Å². The van der Waals surface area contributed by atoms with Crippen molar-refractivity contribution in [3.8, 4) is 0 Å². The summed E-state index contributed by atoms with van der Waals surface area (Å²) in [5.41, 5.74) is 3.17. The van der Waals surface area contributed by atoms with Gasteiger partial charge in [0.05, 0.1) is 13.2 Å². The first-order valence-corrected chi connectivity index (χ1v) is 7.40. The third-order valence-corrected chi connectivity index (χ3v) is 3.62. The van der Waals surface area contributed by atoms with Crippen molar-refractivity contribution in [3.05, 3.63) is 53.9 Å². The van der Waals surface area contributed by atoms with Crippen LogP contribution >= 0.6 is 0 Å². The van der Waals surface area contributed by atoms with Crippen molar-refractivity contribution in [2.45, 2.75) is 6.92 Å². The molecule has 1 aliphatic heterocycles. The Kier molecular flexibility index (Phi) is 4.34. The molecule has 0 saturated carbocycles. The summed E-state index contributed by atoms with van der Waals surface area (Å²) >= 11 is 0. The van der Waals surface area contributed by atoms with Crippen LogP contribution in [0.15, 0.2) is 42.5 Å². The molecule has 0 unspecified atom stereocenters.